The first kappa shape index (κ1) is 17.4. The molecule has 7 nitrogen and oxygen atoms in total. The Bertz CT molecular complexity index is 721. The molecule has 1 amide bonds. The first-order chi connectivity index (χ1) is 11.4. The fraction of sp³-hybridized carbons (Fsp3) is 0.294. The normalized spacial score (nSPS) is 12.9. The maximum absolute atomic E-state index is 12.4. The lowest BCUT2D eigenvalue weighted by atomic mass is 9.95. The summed E-state index contributed by atoms with van der Waals surface area (Å²) in [7, 11) is 0. The molecule has 24 heavy (non-hydrogen) atoms. The van der Waals surface area contributed by atoms with Crippen LogP contribution in [0.15, 0.2) is 42.9 Å². The zero-order chi connectivity index (χ0) is 17.6. The van der Waals surface area contributed by atoms with Gasteiger partial charge in [0.15, 0.2) is 0 Å². The SMILES string of the molecule is CCCC(C)(NC(=O)c1cccc(Oc2cnccn2)c1)C(=O)O. The second kappa shape index (κ2) is 7.54. The molecule has 0 aliphatic rings. The molecular weight excluding hydrogens is 310 g/mol. The van der Waals surface area contributed by atoms with Gasteiger partial charge in [-0.05, 0) is 31.5 Å². The standard InChI is InChI=1S/C17H19N3O4/c1-3-7-17(2,16(22)23)20-15(21)12-5-4-6-13(10-12)24-14-11-18-8-9-19-14/h4-6,8-11H,3,7H2,1-2H3,(H,20,21)(H,22,23). The molecule has 0 spiro atoms. The minimum atomic E-state index is -1.31. The number of carboxylic acids is 1. The molecule has 0 saturated carbocycles. The molecule has 2 aromatic rings. The lowest BCUT2D eigenvalue weighted by Gasteiger charge is -2.25. The Labute approximate surface area is 139 Å². The highest BCUT2D eigenvalue weighted by Gasteiger charge is 2.34. The van der Waals surface area contributed by atoms with Crippen LogP contribution in [0.25, 0.3) is 0 Å². The number of hydrogen-bond donors (Lipinski definition) is 2. The number of rotatable bonds is 7. The Hall–Kier alpha value is -2.96. The summed E-state index contributed by atoms with van der Waals surface area (Å²) < 4.78 is 5.52. The highest BCUT2D eigenvalue weighted by Crippen LogP contribution is 2.20. The Morgan fingerprint density at radius 3 is 2.75 bits per heavy atom. The summed E-state index contributed by atoms with van der Waals surface area (Å²) in [5.41, 5.74) is -1.01. The third-order valence-electron chi connectivity index (χ3n) is 3.47. The quantitative estimate of drug-likeness (QED) is 0.810. The highest BCUT2D eigenvalue weighted by molar-refractivity contribution is 5.98. The van der Waals surface area contributed by atoms with Gasteiger partial charge in [-0.25, -0.2) is 9.78 Å². The molecule has 1 aromatic carbocycles. The zero-order valence-corrected chi connectivity index (χ0v) is 13.5. The van der Waals surface area contributed by atoms with E-state index in [0.717, 1.165) is 0 Å². The van der Waals surface area contributed by atoms with Gasteiger partial charge in [0.25, 0.3) is 5.91 Å². The van der Waals surface area contributed by atoms with E-state index in [2.05, 4.69) is 15.3 Å². The van der Waals surface area contributed by atoms with E-state index in [1.807, 2.05) is 6.92 Å². The van der Waals surface area contributed by atoms with E-state index in [1.54, 1.807) is 18.2 Å². The van der Waals surface area contributed by atoms with E-state index in [4.69, 9.17) is 4.74 Å². The second-order valence-electron chi connectivity index (χ2n) is 5.51. The average molecular weight is 329 g/mol. The number of carbonyl (C=O) groups excluding carboxylic acids is 1. The number of nitrogens with zero attached hydrogens (tertiary/aromatic N) is 2. The molecule has 0 saturated heterocycles. The molecule has 1 aromatic heterocycles. The number of ether oxygens (including phenoxy) is 1. The molecule has 1 heterocycles. The van der Waals surface area contributed by atoms with Crippen molar-refractivity contribution >= 4 is 11.9 Å². The first-order valence-electron chi connectivity index (χ1n) is 7.54. The van der Waals surface area contributed by atoms with Gasteiger partial charge in [-0.3, -0.25) is 9.78 Å². The topological polar surface area (TPSA) is 101 Å². The zero-order valence-electron chi connectivity index (χ0n) is 13.5. The summed E-state index contributed by atoms with van der Waals surface area (Å²) in [6.07, 6.45) is 5.45. The second-order valence-corrected chi connectivity index (χ2v) is 5.51. The number of amides is 1. The van der Waals surface area contributed by atoms with Gasteiger partial charge >= 0.3 is 5.97 Å². The summed E-state index contributed by atoms with van der Waals surface area (Å²) >= 11 is 0. The summed E-state index contributed by atoms with van der Waals surface area (Å²) in [4.78, 5) is 31.7. The van der Waals surface area contributed by atoms with Gasteiger partial charge in [0, 0.05) is 18.0 Å². The monoisotopic (exact) mass is 329 g/mol. The van der Waals surface area contributed by atoms with Crippen LogP contribution in [0.2, 0.25) is 0 Å². The maximum atomic E-state index is 12.4. The number of nitrogens with one attached hydrogen (secondary N) is 1. The maximum Gasteiger partial charge on any atom is 0.329 e. The third kappa shape index (κ3) is 4.28. The van der Waals surface area contributed by atoms with Crippen LogP contribution in [0.1, 0.15) is 37.0 Å². The van der Waals surface area contributed by atoms with Crippen molar-refractivity contribution in [2.24, 2.45) is 0 Å². The first-order valence-corrected chi connectivity index (χ1v) is 7.54. The molecule has 1 unspecified atom stereocenters. The molecule has 2 N–H and O–H groups in total. The van der Waals surface area contributed by atoms with E-state index in [1.165, 1.54) is 31.6 Å². The summed E-state index contributed by atoms with van der Waals surface area (Å²) in [5.74, 6) is -0.824. The van der Waals surface area contributed by atoms with Crippen molar-refractivity contribution < 1.29 is 19.4 Å². The summed E-state index contributed by atoms with van der Waals surface area (Å²) in [5, 5.41) is 11.9. The van der Waals surface area contributed by atoms with Gasteiger partial charge in [-0.1, -0.05) is 19.4 Å². The van der Waals surface area contributed by atoms with E-state index in [0.29, 0.717) is 30.0 Å². The molecule has 0 aliphatic heterocycles. The van der Waals surface area contributed by atoms with Crippen molar-refractivity contribution in [3.05, 3.63) is 48.4 Å². The van der Waals surface area contributed by atoms with E-state index in [9.17, 15) is 14.7 Å². The summed E-state index contributed by atoms with van der Waals surface area (Å²) in [6, 6.07) is 6.44. The van der Waals surface area contributed by atoms with Crippen molar-refractivity contribution in [2.45, 2.75) is 32.2 Å². The lowest BCUT2D eigenvalue weighted by Crippen LogP contribution is -2.52. The fourth-order valence-corrected chi connectivity index (χ4v) is 2.21. The van der Waals surface area contributed by atoms with Crippen molar-refractivity contribution in [3.63, 3.8) is 0 Å². The summed E-state index contributed by atoms with van der Waals surface area (Å²) in [6.45, 7) is 3.36. The fourth-order valence-electron chi connectivity index (χ4n) is 2.21. The van der Waals surface area contributed by atoms with Crippen LogP contribution in [0, 0.1) is 0 Å². The van der Waals surface area contributed by atoms with Crippen LogP contribution in [0.3, 0.4) is 0 Å². The smallest absolute Gasteiger partial charge is 0.329 e. The molecule has 126 valence electrons. The molecule has 0 bridgehead atoms. The van der Waals surface area contributed by atoms with Crippen LogP contribution in [-0.4, -0.2) is 32.5 Å². The molecule has 0 fully saturated rings. The van der Waals surface area contributed by atoms with Gasteiger partial charge in [-0.15, -0.1) is 0 Å². The molecule has 2 rings (SSSR count). The molecule has 1 atom stereocenters. The van der Waals surface area contributed by atoms with Gasteiger partial charge in [-0.2, -0.15) is 0 Å². The number of aliphatic carboxylic acids is 1. The molecule has 0 radical (unpaired) electrons. The third-order valence-corrected chi connectivity index (χ3v) is 3.47. The Kier molecular flexibility index (Phi) is 5.47. The van der Waals surface area contributed by atoms with E-state index < -0.39 is 17.4 Å². The van der Waals surface area contributed by atoms with Gasteiger partial charge < -0.3 is 15.2 Å². The van der Waals surface area contributed by atoms with Crippen molar-refractivity contribution in [2.75, 3.05) is 0 Å². The minimum absolute atomic E-state index is 0.302. The number of benzene rings is 1. The highest BCUT2D eigenvalue weighted by atomic mass is 16.5. The van der Waals surface area contributed by atoms with Crippen LogP contribution < -0.4 is 10.1 Å². The number of carbonyl (C=O) groups is 2. The van der Waals surface area contributed by atoms with Gasteiger partial charge in [0.2, 0.25) is 5.88 Å². The lowest BCUT2D eigenvalue weighted by molar-refractivity contribution is -0.144. The number of hydrogen-bond acceptors (Lipinski definition) is 5. The molecular formula is C17H19N3O4. The van der Waals surface area contributed by atoms with Gasteiger partial charge in [0.05, 0.1) is 6.20 Å². The molecule has 0 aliphatic carbocycles. The van der Waals surface area contributed by atoms with Crippen molar-refractivity contribution in [1.82, 2.24) is 15.3 Å². The largest absolute Gasteiger partial charge is 0.480 e. The van der Waals surface area contributed by atoms with Crippen LogP contribution in [0.4, 0.5) is 0 Å². The van der Waals surface area contributed by atoms with Crippen LogP contribution in [0.5, 0.6) is 11.6 Å². The number of aromatic nitrogens is 2. The minimum Gasteiger partial charge on any atom is -0.480 e. The average Bonchev–Trinajstić information content (AvgIpc) is 2.56. The predicted molar refractivity (Wildman–Crippen MR) is 87.0 cm³/mol. The Morgan fingerprint density at radius 2 is 2.12 bits per heavy atom. The van der Waals surface area contributed by atoms with Crippen LogP contribution >= 0.6 is 0 Å². The molecule has 7 heteroatoms. The van der Waals surface area contributed by atoms with Gasteiger partial charge in [0.1, 0.15) is 11.3 Å². The number of carboxylic acid groups (broad SMARTS) is 1. The van der Waals surface area contributed by atoms with E-state index in [-0.39, 0.29) is 0 Å². The van der Waals surface area contributed by atoms with Crippen LogP contribution in [-0.2, 0) is 4.79 Å². The van der Waals surface area contributed by atoms with Crippen molar-refractivity contribution in [3.8, 4) is 11.6 Å². The van der Waals surface area contributed by atoms with E-state index >= 15 is 0 Å². The van der Waals surface area contributed by atoms with Crippen molar-refractivity contribution in [1.29, 1.82) is 0 Å². The Balaban J connectivity index is 2.15. The Morgan fingerprint density at radius 1 is 1.33 bits per heavy atom. The predicted octanol–water partition coefficient (Wildman–Crippen LogP) is 2.64.